The molecule has 31 heavy (non-hydrogen) atoms. The lowest BCUT2D eigenvalue weighted by molar-refractivity contribution is -0.149. The molecule has 0 aliphatic carbocycles. The van der Waals surface area contributed by atoms with Crippen molar-refractivity contribution in [3.63, 3.8) is 0 Å². The highest BCUT2D eigenvalue weighted by molar-refractivity contribution is 5.73. The van der Waals surface area contributed by atoms with Gasteiger partial charge in [0.1, 0.15) is 11.5 Å². The lowest BCUT2D eigenvalue weighted by atomic mass is 10.1. The normalized spacial score (nSPS) is 12.7. The summed E-state index contributed by atoms with van der Waals surface area (Å²) in [5, 5.41) is 18.1. The lowest BCUT2D eigenvalue weighted by Gasteiger charge is -2.12. The highest BCUT2D eigenvalue weighted by Crippen LogP contribution is 2.16. The maximum absolute atomic E-state index is 11.0. The van der Waals surface area contributed by atoms with Gasteiger partial charge in [-0.25, -0.2) is 9.59 Å². The first-order chi connectivity index (χ1) is 14.9. The van der Waals surface area contributed by atoms with E-state index in [1.807, 2.05) is 24.3 Å². The molecule has 0 fully saturated rings. The Kier molecular flexibility index (Phi) is 9.80. The van der Waals surface area contributed by atoms with E-state index in [0.717, 1.165) is 11.1 Å². The van der Waals surface area contributed by atoms with Crippen molar-refractivity contribution in [2.24, 2.45) is 0 Å². The van der Waals surface area contributed by atoms with Crippen LogP contribution in [0.1, 0.15) is 17.5 Å². The van der Waals surface area contributed by atoms with E-state index in [-0.39, 0.29) is 0 Å². The van der Waals surface area contributed by atoms with Crippen LogP contribution in [0.25, 0.3) is 0 Å². The van der Waals surface area contributed by atoms with Crippen LogP contribution in [-0.4, -0.2) is 61.8 Å². The van der Waals surface area contributed by atoms with Crippen LogP contribution >= 0.6 is 0 Å². The molecule has 0 aromatic heterocycles. The van der Waals surface area contributed by atoms with Gasteiger partial charge in [0.2, 0.25) is 0 Å². The predicted octanol–water partition coefficient (Wildman–Crippen LogP) is 2.82. The van der Waals surface area contributed by atoms with Gasteiger partial charge in [-0.05, 0) is 35.4 Å². The monoisotopic (exact) mass is 432 g/mol. The van der Waals surface area contributed by atoms with E-state index in [4.69, 9.17) is 29.2 Å². The van der Waals surface area contributed by atoms with Gasteiger partial charge in [-0.2, -0.15) is 0 Å². The summed E-state index contributed by atoms with van der Waals surface area (Å²) in [6, 6.07) is 14.5. The summed E-state index contributed by atoms with van der Waals surface area (Å²) in [7, 11) is 2.76. The third-order valence-electron chi connectivity index (χ3n) is 4.63. The van der Waals surface area contributed by atoms with Crippen LogP contribution in [0.2, 0.25) is 0 Å². The summed E-state index contributed by atoms with van der Waals surface area (Å²) in [6.07, 6.45) is -0.463. The fraction of sp³-hybridized carbons (Fsp3) is 0.391. The number of carboxylic acids is 2. The average molecular weight is 432 g/mol. The van der Waals surface area contributed by atoms with Crippen LogP contribution in [0.15, 0.2) is 48.5 Å². The summed E-state index contributed by atoms with van der Waals surface area (Å²) in [5.41, 5.74) is 1.71. The quantitative estimate of drug-likeness (QED) is 0.439. The van der Waals surface area contributed by atoms with Gasteiger partial charge in [-0.15, -0.1) is 0 Å². The van der Waals surface area contributed by atoms with E-state index in [2.05, 4.69) is 0 Å². The molecule has 8 nitrogen and oxygen atoms in total. The summed E-state index contributed by atoms with van der Waals surface area (Å²) in [4.78, 5) is 22.0. The van der Waals surface area contributed by atoms with Crippen molar-refractivity contribution in [2.75, 3.05) is 27.4 Å². The maximum Gasteiger partial charge on any atom is 0.333 e. The number of methoxy groups -OCH3 is 2. The van der Waals surface area contributed by atoms with Gasteiger partial charge in [0.05, 0.1) is 13.2 Å². The molecule has 2 aromatic rings. The molecule has 0 spiro atoms. The first kappa shape index (κ1) is 24.2. The summed E-state index contributed by atoms with van der Waals surface area (Å²) in [6.45, 7) is 0.947. The van der Waals surface area contributed by atoms with Crippen molar-refractivity contribution < 1.29 is 38.7 Å². The van der Waals surface area contributed by atoms with Crippen LogP contribution < -0.4 is 9.47 Å². The molecule has 2 rings (SSSR count). The molecule has 0 amide bonds. The molecule has 0 saturated carbocycles. The zero-order chi connectivity index (χ0) is 22.6. The molecule has 0 aliphatic heterocycles. The van der Waals surface area contributed by atoms with Crippen molar-refractivity contribution in [2.45, 2.75) is 31.5 Å². The lowest BCUT2D eigenvalue weighted by Crippen LogP contribution is -2.24. The molecule has 0 saturated heterocycles. The molecule has 0 radical (unpaired) electrons. The topological polar surface area (TPSA) is 112 Å². The number of carbonyl (C=O) groups is 2. The van der Waals surface area contributed by atoms with Gasteiger partial charge in [0.25, 0.3) is 0 Å². The maximum atomic E-state index is 11.0. The molecule has 168 valence electrons. The predicted molar refractivity (Wildman–Crippen MR) is 113 cm³/mol. The Morgan fingerprint density at radius 1 is 0.710 bits per heavy atom. The zero-order valence-corrected chi connectivity index (χ0v) is 17.7. The Hall–Kier alpha value is -3.10. The first-order valence-electron chi connectivity index (χ1n) is 9.87. The second-order valence-corrected chi connectivity index (χ2v) is 6.87. The Labute approximate surface area is 181 Å². The fourth-order valence-corrected chi connectivity index (χ4v) is 2.85. The van der Waals surface area contributed by atoms with Gasteiger partial charge in [-0.3, -0.25) is 0 Å². The van der Waals surface area contributed by atoms with E-state index in [1.165, 1.54) is 14.2 Å². The Balaban J connectivity index is 1.69. The third kappa shape index (κ3) is 8.27. The van der Waals surface area contributed by atoms with Gasteiger partial charge in [-0.1, -0.05) is 24.3 Å². The highest BCUT2D eigenvalue weighted by atomic mass is 16.5. The molecule has 0 bridgehead atoms. The largest absolute Gasteiger partial charge is 0.493 e. The van der Waals surface area contributed by atoms with Crippen LogP contribution in [0, 0.1) is 0 Å². The fourth-order valence-electron chi connectivity index (χ4n) is 2.85. The molecule has 2 N–H and O–H groups in total. The molecule has 0 heterocycles. The van der Waals surface area contributed by atoms with Gasteiger partial charge < -0.3 is 29.2 Å². The summed E-state index contributed by atoms with van der Waals surface area (Å²) in [5.74, 6) is -0.583. The second-order valence-electron chi connectivity index (χ2n) is 6.87. The van der Waals surface area contributed by atoms with Gasteiger partial charge in [0.15, 0.2) is 12.2 Å². The van der Waals surface area contributed by atoms with Crippen molar-refractivity contribution >= 4 is 11.9 Å². The van der Waals surface area contributed by atoms with Crippen LogP contribution in [0.4, 0.5) is 0 Å². The Morgan fingerprint density at radius 2 is 1.06 bits per heavy atom. The van der Waals surface area contributed by atoms with E-state index < -0.39 is 24.1 Å². The molecule has 2 unspecified atom stereocenters. The molecule has 2 atom stereocenters. The second kappa shape index (κ2) is 12.6. The van der Waals surface area contributed by atoms with Crippen molar-refractivity contribution in [1.82, 2.24) is 0 Å². The minimum Gasteiger partial charge on any atom is -0.493 e. The smallest absolute Gasteiger partial charge is 0.333 e. The van der Waals surface area contributed by atoms with Gasteiger partial charge >= 0.3 is 11.9 Å². The van der Waals surface area contributed by atoms with E-state index in [0.29, 0.717) is 44.0 Å². The summed E-state index contributed by atoms with van der Waals surface area (Å²) >= 11 is 0. The molecule has 8 heteroatoms. The third-order valence-corrected chi connectivity index (χ3v) is 4.63. The number of ether oxygens (including phenoxy) is 4. The van der Waals surface area contributed by atoms with E-state index in [1.54, 1.807) is 24.3 Å². The van der Waals surface area contributed by atoms with Crippen molar-refractivity contribution in [3.8, 4) is 11.5 Å². The zero-order valence-electron chi connectivity index (χ0n) is 17.7. The van der Waals surface area contributed by atoms with Gasteiger partial charge in [0, 0.05) is 33.5 Å². The minimum absolute atomic E-state index is 0.293. The van der Waals surface area contributed by atoms with E-state index >= 15 is 0 Å². The van der Waals surface area contributed by atoms with E-state index in [9.17, 15) is 9.59 Å². The summed E-state index contributed by atoms with van der Waals surface area (Å²) < 4.78 is 21.2. The standard InChI is InChI=1S/C23H28O8/c1-28-20(22(24)25)14-16-4-8-18(9-5-16)30-12-3-13-31-19-10-6-17(7-11-19)15-21(29-2)23(26)27/h4-11,20-21H,3,12-15H2,1-2H3,(H,24,25)(H,26,27). The molecule has 0 aliphatic rings. The number of hydrogen-bond acceptors (Lipinski definition) is 6. The number of aliphatic carboxylic acids is 2. The SMILES string of the molecule is COC(Cc1ccc(OCCCOc2ccc(CC(OC)C(=O)O)cc2)cc1)C(=O)O. The van der Waals surface area contributed by atoms with Crippen molar-refractivity contribution in [3.05, 3.63) is 59.7 Å². The Morgan fingerprint density at radius 3 is 1.35 bits per heavy atom. The molecular weight excluding hydrogens is 404 g/mol. The number of rotatable bonds is 14. The minimum atomic E-state index is -0.989. The highest BCUT2D eigenvalue weighted by Gasteiger charge is 2.17. The van der Waals surface area contributed by atoms with Crippen LogP contribution in [-0.2, 0) is 31.9 Å². The number of carboxylic acid groups (broad SMARTS) is 2. The number of hydrogen-bond donors (Lipinski definition) is 2. The van der Waals surface area contributed by atoms with Crippen LogP contribution in [0.3, 0.4) is 0 Å². The van der Waals surface area contributed by atoms with Crippen molar-refractivity contribution in [1.29, 1.82) is 0 Å². The molecule has 2 aromatic carbocycles. The Bertz CT molecular complexity index is 747. The number of benzene rings is 2. The average Bonchev–Trinajstić information content (AvgIpc) is 2.77. The first-order valence-corrected chi connectivity index (χ1v) is 9.87. The molecular formula is C23H28O8. The van der Waals surface area contributed by atoms with Crippen LogP contribution in [0.5, 0.6) is 11.5 Å².